The summed E-state index contributed by atoms with van der Waals surface area (Å²) in [4.78, 5) is 7.79. The minimum absolute atomic E-state index is 0.129. The highest BCUT2D eigenvalue weighted by atomic mass is 79.9. The summed E-state index contributed by atoms with van der Waals surface area (Å²) in [6.07, 6.45) is 2.70. The van der Waals surface area contributed by atoms with Crippen LogP contribution in [0.5, 0.6) is 0 Å². The average molecular weight is 249 g/mol. The maximum absolute atomic E-state index is 12.9. The van der Waals surface area contributed by atoms with Crippen molar-refractivity contribution in [2.24, 2.45) is 0 Å². The Balaban J connectivity index is 2.34. The van der Waals surface area contributed by atoms with Crippen molar-refractivity contribution in [3.8, 4) is 0 Å². The third-order valence-corrected chi connectivity index (χ3v) is 2.85. The molecule has 1 aliphatic rings. The summed E-state index contributed by atoms with van der Waals surface area (Å²) in [5.41, 5.74) is -0.735. The Bertz CT molecular complexity index is 339. The molecule has 1 fully saturated rings. The molecule has 1 unspecified atom stereocenters. The lowest BCUT2D eigenvalue weighted by Gasteiger charge is -2.07. The molecule has 0 aromatic carbocycles. The first-order chi connectivity index (χ1) is 5.96. The number of hydrogen-bond acceptors (Lipinski definition) is 2. The Labute approximate surface area is 82.5 Å². The van der Waals surface area contributed by atoms with Crippen molar-refractivity contribution in [2.45, 2.75) is 24.7 Å². The summed E-state index contributed by atoms with van der Waals surface area (Å²) in [5.74, 6) is -2.62. The van der Waals surface area contributed by atoms with Crippen molar-refractivity contribution >= 4 is 15.9 Å². The molecule has 1 heterocycles. The van der Waals surface area contributed by atoms with E-state index in [1.54, 1.807) is 0 Å². The molecule has 1 aliphatic carbocycles. The lowest BCUT2D eigenvalue weighted by Crippen LogP contribution is -2.13. The fourth-order valence-electron chi connectivity index (χ4n) is 1.27. The van der Waals surface area contributed by atoms with E-state index in [4.69, 9.17) is 0 Å². The summed E-state index contributed by atoms with van der Waals surface area (Å²) in [7, 11) is 0. The summed E-state index contributed by atoms with van der Waals surface area (Å²) >= 11 is 3.10. The van der Waals surface area contributed by atoms with Crippen molar-refractivity contribution in [3.05, 3.63) is 22.7 Å². The van der Waals surface area contributed by atoms with Gasteiger partial charge in [0.15, 0.2) is 0 Å². The molecule has 1 aromatic heterocycles. The predicted molar refractivity (Wildman–Crippen MR) is 46.6 cm³/mol. The smallest absolute Gasteiger partial charge is 0.256 e. The first kappa shape index (κ1) is 8.99. The van der Waals surface area contributed by atoms with Gasteiger partial charge in [0.05, 0.1) is 23.5 Å². The second-order valence-electron chi connectivity index (χ2n) is 3.44. The van der Waals surface area contributed by atoms with Gasteiger partial charge in [-0.15, -0.1) is 0 Å². The van der Waals surface area contributed by atoms with Crippen LogP contribution in [0.25, 0.3) is 0 Å². The minimum atomic E-state index is -2.62. The molecule has 1 saturated carbocycles. The molecule has 1 atom stereocenters. The van der Waals surface area contributed by atoms with Gasteiger partial charge < -0.3 is 0 Å². The number of alkyl halides is 2. The van der Waals surface area contributed by atoms with Crippen LogP contribution in [-0.4, -0.2) is 15.9 Å². The van der Waals surface area contributed by atoms with E-state index in [1.807, 2.05) is 0 Å². The Morgan fingerprint density at radius 1 is 1.38 bits per heavy atom. The summed E-state index contributed by atoms with van der Waals surface area (Å²) in [5, 5.41) is 0. The Kier molecular flexibility index (Phi) is 1.71. The standard InChI is InChI=1S/C8H7BrF2N2/c1-7(4-8(7,10)11)5-2-13-6(9)3-12-5/h2-3H,4H2,1H3. The van der Waals surface area contributed by atoms with Crippen LogP contribution < -0.4 is 0 Å². The molecule has 0 aliphatic heterocycles. The van der Waals surface area contributed by atoms with Crippen molar-refractivity contribution in [1.29, 1.82) is 0 Å². The van der Waals surface area contributed by atoms with Gasteiger partial charge >= 0.3 is 0 Å². The molecular formula is C8H7BrF2N2. The fraction of sp³-hybridized carbons (Fsp3) is 0.500. The third kappa shape index (κ3) is 1.25. The molecule has 0 amide bonds. The summed E-state index contributed by atoms with van der Waals surface area (Å²) in [6.45, 7) is 1.50. The number of aromatic nitrogens is 2. The molecule has 0 radical (unpaired) electrons. The van der Waals surface area contributed by atoms with Gasteiger partial charge in [0.2, 0.25) is 0 Å². The highest BCUT2D eigenvalue weighted by Crippen LogP contribution is 2.60. The van der Waals surface area contributed by atoms with Crippen LogP contribution in [0.3, 0.4) is 0 Å². The monoisotopic (exact) mass is 248 g/mol. The fourth-order valence-corrected chi connectivity index (χ4v) is 1.48. The maximum Gasteiger partial charge on any atom is 0.260 e. The van der Waals surface area contributed by atoms with Crippen LogP contribution in [-0.2, 0) is 5.41 Å². The minimum Gasteiger partial charge on any atom is -0.256 e. The largest absolute Gasteiger partial charge is 0.260 e. The van der Waals surface area contributed by atoms with Crippen LogP contribution in [0, 0.1) is 0 Å². The van der Waals surface area contributed by atoms with Crippen LogP contribution in [0.4, 0.5) is 8.78 Å². The number of halogens is 3. The van der Waals surface area contributed by atoms with Crippen molar-refractivity contribution in [3.63, 3.8) is 0 Å². The Hall–Kier alpha value is -0.580. The first-order valence-corrected chi connectivity index (χ1v) is 4.61. The quantitative estimate of drug-likeness (QED) is 0.764. The number of hydrogen-bond donors (Lipinski definition) is 0. The van der Waals surface area contributed by atoms with Crippen LogP contribution in [0.1, 0.15) is 19.0 Å². The van der Waals surface area contributed by atoms with Gasteiger partial charge in [0.25, 0.3) is 5.92 Å². The maximum atomic E-state index is 12.9. The van der Waals surface area contributed by atoms with Crippen LogP contribution in [0.2, 0.25) is 0 Å². The van der Waals surface area contributed by atoms with E-state index in [0.29, 0.717) is 10.3 Å². The molecule has 1 aromatic rings. The number of rotatable bonds is 1. The highest BCUT2D eigenvalue weighted by molar-refractivity contribution is 9.10. The molecule has 0 spiro atoms. The van der Waals surface area contributed by atoms with Gasteiger partial charge in [-0.1, -0.05) is 0 Å². The van der Waals surface area contributed by atoms with Gasteiger partial charge in [0, 0.05) is 6.42 Å². The van der Waals surface area contributed by atoms with E-state index in [0.717, 1.165) is 0 Å². The Morgan fingerprint density at radius 2 is 2.00 bits per heavy atom. The highest BCUT2D eigenvalue weighted by Gasteiger charge is 2.69. The lowest BCUT2D eigenvalue weighted by molar-refractivity contribution is 0.0909. The van der Waals surface area contributed by atoms with Gasteiger partial charge in [-0.2, -0.15) is 0 Å². The molecule has 0 bridgehead atoms. The average Bonchev–Trinajstić information content (AvgIpc) is 2.53. The van der Waals surface area contributed by atoms with Crippen molar-refractivity contribution in [2.75, 3.05) is 0 Å². The predicted octanol–water partition coefficient (Wildman–Crippen LogP) is 2.54. The zero-order valence-electron chi connectivity index (χ0n) is 6.89. The molecule has 0 N–H and O–H groups in total. The van der Waals surface area contributed by atoms with E-state index in [1.165, 1.54) is 19.3 Å². The molecular weight excluding hydrogens is 242 g/mol. The normalized spacial score (nSPS) is 30.2. The molecule has 2 nitrogen and oxygen atoms in total. The van der Waals surface area contributed by atoms with Gasteiger partial charge in [-0.05, 0) is 22.9 Å². The summed E-state index contributed by atoms with van der Waals surface area (Å²) in [6, 6.07) is 0. The van der Waals surface area contributed by atoms with Crippen molar-refractivity contribution < 1.29 is 8.78 Å². The zero-order chi connectivity index (χ0) is 9.69. The lowest BCUT2D eigenvalue weighted by atomic mass is 10.1. The van der Waals surface area contributed by atoms with E-state index >= 15 is 0 Å². The molecule has 70 valence electrons. The molecule has 13 heavy (non-hydrogen) atoms. The van der Waals surface area contributed by atoms with E-state index in [2.05, 4.69) is 25.9 Å². The van der Waals surface area contributed by atoms with E-state index < -0.39 is 11.3 Å². The zero-order valence-corrected chi connectivity index (χ0v) is 8.48. The topological polar surface area (TPSA) is 25.8 Å². The van der Waals surface area contributed by atoms with Crippen LogP contribution >= 0.6 is 15.9 Å². The van der Waals surface area contributed by atoms with Crippen molar-refractivity contribution in [1.82, 2.24) is 9.97 Å². The molecule has 5 heteroatoms. The van der Waals surface area contributed by atoms with E-state index in [-0.39, 0.29) is 6.42 Å². The van der Waals surface area contributed by atoms with Gasteiger partial charge in [-0.3, -0.25) is 4.98 Å². The first-order valence-electron chi connectivity index (χ1n) is 3.82. The second-order valence-corrected chi connectivity index (χ2v) is 4.25. The Morgan fingerprint density at radius 3 is 2.38 bits per heavy atom. The number of nitrogens with zero attached hydrogens (tertiary/aromatic N) is 2. The third-order valence-electron chi connectivity index (χ3n) is 2.44. The SMILES string of the molecule is CC1(c2cnc(Br)cn2)CC1(F)F. The molecule has 0 saturated heterocycles. The van der Waals surface area contributed by atoms with E-state index in [9.17, 15) is 8.78 Å². The molecule has 2 rings (SSSR count). The van der Waals surface area contributed by atoms with Gasteiger partial charge in [0.1, 0.15) is 4.60 Å². The summed E-state index contributed by atoms with van der Waals surface area (Å²) < 4.78 is 26.3. The van der Waals surface area contributed by atoms with Crippen LogP contribution in [0.15, 0.2) is 17.0 Å². The van der Waals surface area contributed by atoms with Gasteiger partial charge in [-0.25, -0.2) is 13.8 Å². The second kappa shape index (κ2) is 2.47.